The number of pyridine rings is 2. The van der Waals surface area contributed by atoms with E-state index in [9.17, 15) is 20.0 Å². The van der Waals surface area contributed by atoms with E-state index in [0.717, 1.165) is 0 Å². The first-order valence-electron chi connectivity index (χ1n) is 6.52. The van der Waals surface area contributed by atoms with Crippen LogP contribution in [0.5, 0.6) is 0 Å². The van der Waals surface area contributed by atoms with Gasteiger partial charge in [-0.3, -0.25) is 9.59 Å². The molecule has 0 saturated carbocycles. The van der Waals surface area contributed by atoms with Gasteiger partial charge >= 0.3 is 11.8 Å². The number of amides is 2. The van der Waals surface area contributed by atoms with E-state index in [1.807, 2.05) is 0 Å². The summed E-state index contributed by atoms with van der Waals surface area (Å²) in [4.78, 5) is 23.5. The first-order chi connectivity index (χ1) is 10.6. The maximum absolute atomic E-state index is 11.7. The number of carbonyl (C=O) groups is 2. The Balaban J connectivity index is 1.80. The monoisotopic (exact) mass is 302 g/mol. The maximum Gasteiger partial charge on any atom is 0.317 e. The summed E-state index contributed by atoms with van der Waals surface area (Å²) in [5, 5.41) is 27.7. The van der Waals surface area contributed by atoms with Gasteiger partial charge < -0.3 is 21.0 Å². The molecule has 0 saturated heterocycles. The molecule has 2 heterocycles. The molecular formula is C14H14N4O4. The van der Waals surface area contributed by atoms with Gasteiger partial charge in [-0.05, 0) is 12.1 Å². The zero-order valence-electron chi connectivity index (χ0n) is 11.6. The van der Waals surface area contributed by atoms with Crippen LogP contribution in [0.2, 0.25) is 0 Å². The van der Waals surface area contributed by atoms with E-state index in [0.29, 0.717) is 9.46 Å². The van der Waals surface area contributed by atoms with Crippen LogP contribution in [0.25, 0.3) is 0 Å². The molecule has 22 heavy (non-hydrogen) atoms. The number of hydrogen-bond donors (Lipinski definition) is 2. The van der Waals surface area contributed by atoms with Crippen molar-refractivity contribution in [3.63, 3.8) is 0 Å². The van der Waals surface area contributed by atoms with E-state index in [1.54, 1.807) is 12.1 Å². The average molecular weight is 302 g/mol. The third kappa shape index (κ3) is 3.69. The molecule has 0 aliphatic carbocycles. The molecule has 8 heteroatoms. The lowest BCUT2D eigenvalue weighted by molar-refractivity contribution is -0.607. The van der Waals surface area contributed by atoms with Gasteiger partial charge in [-0.2, -0.15) is 9.46 Å². The molecule has 0 aliphatic heterocycles. The number of aromatic nitrogens is 2. The SMILES string of the molecule is O=C(NCCNC(=O)c1cccc[n+]1[O-])c1cccc[n+]1[O-]. The topological polar surface area (TPSA) is 112 Å². The fraction of sp³-hybridized carbons (Fsp3) is 0.143. The van der Waals surface area contributed by atoms with Gasteiger partial charge in [0.15, 0.2) is 12.4 Å². The van der Waals surface area contributed by atoms with Gasteiger partial charge in [0.05, 0.1) is 0 Å². The predicted molar refractivity (Wildman–Crippen MR) is 75.5 cm³/mol. The second-order valence-corrected chi connectivity index (χ2v) is 4.34. The van der Waals surface area contributed by atoms with Crippen molar-refractivity contribution in [2.75, 3.05) is 13.1 Å². The van der Waals surface area contributed by atoms with E-state index in [-0.39, 0.29) is 24.5 Å². The van der Waals surface area contributed by atoms with Crippen LogP contribution >= 0.6 is 0 Å². The van der Waals surface area contributed by atoms with E-state index in [1.165, 1.54) is 36.7 Å². The molecule has 0 unspecified atom stereocenters. The van der Waals surface area contributed by atoms with Crippen LogP contribution in [0.4, 0.5) is 0 Å². The molecule has 2 amide bonds. The van der Waals surface area contributed by atoms with Gasteiger partial charge in [0.2, 0.25) is 0 Å². The fourth-order valence-corrected chi connectivity index (χ4v) is 1.74. The lowest BCUT2D eigenvalue weighted by atomic mass is 10.3. The molecule has 0 aromatic carbocycles. The van der Waals surface area contributed by atoms with Crippen LogP contribution in [-0.2, 0) is 0 Å². The predicted octanol–water partition coefficient (Wildman–Crippen LogP) is -0.887. The molecule has 114 valence electrons. The second kappa shape index (κ2) is 7.02. The normalized spacial score (nSPS) is 10.0. The molecule has 8 nitrogen and oxygen atoms in total. The summed E-state index contributed by atoms with van der Waals surface area (Å²) in [5.41, 5.74) is -0.0661. The molecule has 0 radical (unpaired) electrons. The molecule has 0 atom stereocenters. The molecule has 0 bridgehead atoms. The zero-order chi connectivity index (χ0) is 15.9. The van der Waals surface area contributed by atoms with Crippen molar-refractivity contribution in [2.45, 2.75) is 0 Å². The Morgan fingerprint density at radius 3 is 1.59 bits per heavy atom. The lowest BCUT2D eigenvalue weighted by Crippen LogP contribution is -2.43. The Hall–Kier alpha value is -3.16. The number of rotatable bonds is 5. The van der Waals surface area contributed by atoms with E-state index in [2.05, 4.69) is 10.6 Å². The Kier molecular flexibility index (Phi) is 4.86. The number of hydrogen-bond acceptors (Lipinski definition) is 4. The van der Waals surface area contributed by atoms with Gasteiger partial charge in [0, 0.05) is 37.4 Å². The van der Waals surface area contributed by atoms with Crippen LogP contribution in [-0.4, -0.2) is 24.9 Å². The molecular weight excluding hydrogens is 288 g/mol. The van der Waals surface area contributed by atoms with Crippen molar-refractivity contribution in [3.8, 4) is 0 Å². The van der Waals surface area contributed by atoms with E-state index >= 15 is 0 Å². The fourth-order valence-electron chi connectivity index (χ4n) is 1.74. The van der Waals surface area contributed by atoms with Crippen molar-refractivity contribution < 1.29 is 19.0 Å². The van der Waals surface area contributed by atoms with Crippen LogP contribution in [0.3, 0.4) is 0 Å². The Morgan fingerprint density at radius 2 is 1.23 bits per heavy atom. The number of nitrogens with one attached hydrogen (secondary N) is 2. The first kappa shape index (κ1) is 15.2. The Bertz CT molecular complexity index is 631. The molecule has 2 N–H and O–H groups in total. The summed E-state index contributed by atoms with van der Waals surface area (Å²) in [6, 6.07) is 8.97. The summed E-state index contributed by atoms with van der Waals surface area (Å²) in [5.74, 6) is -1.08. The number of carbonyl (C=O) groups excluding carboxylic acids is 2. The lowest BCUT2D eigenvalue weighted by Gasteiger charge is -2.07. The standard InChI is InChI=1S/C14H14N4O4/c19-13(11-5-1-3-9-17(11)21)15-7-8-16-14(20)12-6-2-4-10-18(12)22/h1-6,9-10H,7-8H2,(H,15,19)(H,16,20). The van der Waals surface area contributed by atoms with Crippen molar-refractivity contribution in [2.24, 2.45) is 0 Å². The highest BCUT2D eigenvalue weighted by Crippen LogP contribution is 1.91. The molecule has 0 aliphatic rings. The van der Waals surface area contributed by atoms with Gasteiger partial charge in [0.25, 0.3) is 11.4 Å². The van der Waals surface area contributed by atoms with Gasteiger partial charge in [-0.25, -0.2) is 0 Å². The van der Waals surface area contributed by atoms with E-state index in [4.69, 9.17) is 0 Å². The average Bonchev–Trinajstić information content (AvgIpc) is 2.52. The minimum absolute atomic E-state index is 0.0331. The Morgan fingerprint density at radius 1 is 0.818 bits per heavy atom. The third-order valence-electron chi connectivity index (χ3n) is 2.81. The Labute approximate surface area is 126 Å². The molecule has 2 aromatic rings. The summed E-state index contributed by atoms with van der Waals surface area (Å²) >= 11 is 0. The summed E-state index contributed by atoms with van der Waals surface area (Å²) in [7, 11) is 0. The minimum atomic E-state index is -0.538. The van der Waals surface area contributed by atoms with Crippen LogP contribution in [0, 0.1) is 10.4 Å². The summed E-state index contributed by atoms with van der Waals surface area (Å²) in [6.07, 6.45) is 2.44. The van der Waals surface area contributed by atoms with Crippen molar-refractivity contribution >= 4 is 11.8 Å². The van der Waals surface area contributed by atoms with Crippen molar-refractivity contribution in [1.29, 1.82) is 0 Å². The minimum Gasteiger partial charge on any atom is -0.618 e. The van der Waals surface area contributed by atoms with Gasteiger partial charge in [-0.15, -0.1) is 0 Å². The van der Waals surface area contributed by atoms with Crippen LogP contribution in [0.15, 0.2) is 48.8 Å². The molecule has 0 fully saturated rings. The second-order valence-electron chi connectivity index (χ2n) is 4.34. The highest BCUT2D eigenvalue weighted by atomic mass is 16.5. The zero-order valence-corrected chi connectivity index (χ0v) is 11.6. The van der Waals surface area contributed by atoms with Gasteiger partial charge in [-0.1, -0.05) is 0 Å². The van der Waals surface area contributed by atoms with Gasteiger partial charge in [0.1, 0.15) is 0 Å². The smallest absolute Gasteiger partial charge is 0.317 e. The molecule has 2 aromatic heterocycles. The van der Waals surface area contributed by atoms with Crippen molar-refractivity contribution in [1.82, 2.24) is 10.6 Å². The highest BCUT2D eigenvalue weighted by Gasteiger charge is 2.16. The first-order valence-corrected chi connectivity index (χ1v) is 6.52. The maximum atomic E-state index is 11.7. The number of nitrogens with zero attached hydrogens (tertiary/aromatic N) is 2. The van der Waals surface area contributed by atoms with E-state index < -0.39 is 11.8 Å². The molecule has 0 spiro atoms. The summed E-state index contributed by atoms with van der Waals surface area (Å²) < 4.78 is 0.913. The molecule has 2 rings (SSSR count). The quantitative estimate of drug-likeness (QED) is 0.424. The van der Waals surface area contributed by atoms with Crippen LogP contribution < -0.4 is 20.1 Å². The third-order valence-corrected chi connectivity index (χ3v) is 2.81. The summed E-state index contributed by atoms with van der Waals surface area (Å²) in [6.45, 7) is 0.260. The van der Waals surface area contributed by atoms with Crippen molar-refractivity contribution in [3.05, 3.63) is 70.6 Å². The highest BCUT2D eigenvalue weighted by molar-refractivity contribution is 5.91. The van der Waals surface area contributed by atoms with Crippen LogP contribution in [0.1, 0.15) is 21.0 Å². The largest absolute Gasteiger partial charge is 0.618 e.